The molecular formula is C76H148O17P2. The Bertz CT molecular complexity index is 1870. The number of phosphoric ester groups is 2. The molecule has 95 heavy (non-hydrogen) atoms. The van der Waals surface area contributed by atoms with Gasteiger partial charge in [-0.15, -0.1) is 0 Å². The number of esters is 4. The number of aliphatic hydroxyl groups excluding tert-OH is 1. The van der Waals surface area contributed by atoms with Crippen molar-refractivity contribution >= 4 is 39.5 Å². The number of rotatable bonds is 73. The highest BCUT2D eigenvalue weighted by atomic mass is 31.2. The number of hydrogen-bond donors (Lipinski definition) is 3. The van der Waals surface area contributed by atoms with Crippen LogP contribution in [0.2, 0.25) is 0 Å². The molecule has 0 aliphatic heterocycles. The van der Waals surface area contributed by atoms with Crippen molar-refractivity contribution in [2.24, 2.45) is 23.7 Å². The minimum atomic E-state index is -4.96. The summed E-state index contributed by atoms with van der Waals surface area (Å²) >= 11 is 0. The maximum absolute atomic E-state index is 13.1. The van der Waals surface area contributed by atoms with Gasteiger partial charge < -0.3 is 33.8 Å². The zero-order chi connectivity index (χ0) is 70.3. The first-order valence-corrected chi connectivity index (χ1v) is 42.2. The van der Waals surface area contributed by atoms with E-state index < -0.39 is 97.5 Å². The lowest BCUT2D eigenvalue weighted by Gasteiger charge is -2.21. The van der Waals surface area contributed by atoms with E-state index in [1.54, 1.807) is 0 Å². The average molecular weight is 1400 g/mol. The van der Waals surface area contributed by atoms with E-state index in [1.165, 1.54) is 186 Å². The summed E-state index contributed by atoms with van der Waals surface area (Å²) in [4.78, 5) is 72.7. The molecule has 0 aromatic heterocycles. The molecule has 0 heterocycles. The molecule has 0 radical (unpaired) electrons. The normalized spacial score (nSPS) is 14.4. The fraction of sp³-hybridized carbons (Fsp3) is 0.947. The van der Waals surface area contributed by atoms with Gasteiger partial charge in [0.1, 0.15) is 19.3 Å². The zero-order valence-corrected chi connectivity index (χ0v) is 64.1. The van der Waals surface area contributed by atoms with E-state index in [4.69, 9.17) is 37.0 Å². The van der Waals surface area contributed by atoms with Crippen LogP contribution < -0.4 is 0 Å². The third-order valence-electron chi connectivity index (χ3n) is 17.9. The van der Waals surface area contributed by atoms with Crippen molar-refractivity contribution in [1.82, 2.24) is 0 Å². The molecule has 0 bridgehead atoms. The van der Waals surface area contributed by atoms with E-state index in [0.717, 1.165) is 114 Å². The van der Waals surface area contributed by atoms with Crippen LogP contribution in [-0.4, -0.2) is 96.7 Å². The summed E-state index contributed by atoms with van der Waals surface area (Å²) in [5.74, 6) is 0.917. The molecule has 0 saturated heterocycles. The van der Waals surface area contributed by atoms with Gasteiger partial charge in [-0.1, -0.05) is 331 Å². The zero-order valence-electron chi connectivity index (χ0n) is 62.3. The monoisotopic (exact) mass is 1400 g/mol. The van der Waals surface area contributed by atoms with Gasteiger partial charge in [0.2, 0.25) is 0 Å². The van der Waals surface area contributed by atoms with Crippen LogP contribution in [0.5, 0.6) is 0 Å². The lowest BCUT2D eigenvalue weighted by Crippen LogP contribution is -2.30. The molecule has 0 aromatic carbocycles. The van der Waals surface area contributed by atoms with Crippen LogP contribution in [0.3, 0.4) is 0 Å². The molecule has 0 saturated carbocycles. The van der Waals surface area contributed by atoms with Crippen LogP contribution in [0, 0.1) is 23.7 Å². The standard InChI is InChI=1S/C76H148O17P2/c1-9-69(8)55-47-39-31-20-18-16-14-12-10-11-13-15-17-19-21-34-42-50-58-75(80)92-71(62-86-73(78)56-48-40-32-25-22-28-36-44-52-66(2)3)64-90-94(82,83)88-60-70(77)61-89-95(84,85)91-65-72(93-76(81)59-51-43-35-27-24-30-38-46-54-68(6)7)63-87-74(79)57-49-41-33-26-23-29-37-45-53-67(4)5/h66-72,77H,9-65H2,1-8H3,(H,82,83)(H,84,85)/t69?,70?,71-,72-/m1/s1. The molecule has 0 rings (SSSR count). The van der Waals surface area contributed by atoms with E-state index in [9.17, 15) is 43.2 Å². The first kappa shape index (κ1) is 93.1. The Balaban J connectivity index is 5.17. The van der Waals surface area contributed by atoms with Crippen LogP contribution in [0.4, 0.5) is 0 Å². The van der Waals surface area contributed by atoms with Crippen molar-refractivity contribution in [3.63, 3.8) is 0 Å². The largest absolute Gasteiger partial charge is 0.472 e. The Morgan fingerprint density at radius 1 is 0.295 bits per heavy atom. The molecule has 6 atom stereocenters. The number of hydrogen-bond acceptors (Lipinski definition) is 15. The molecule has 564 valence electrons. The van der Waals surface area contributed by atoms with Crippen LogP contribution in [-0.2, 0) is 65.4 Å². The Kier molecular flexibility index (Phi) is 64.0. The number of carbonyl (C=O) groups is 4. The fourth-order valence-electron chi connectivity index (χ4n) is 11.5. The summed E-state index contributed by atoms with van der Waals surface area (Å²) < 4.78 is 68.4. The van der Waals surface area contributed by atoms with Gasteiger partial charge in [0.15, 0.2) is 12.2 Å². The van der Waals surface area contributed by atoms with Gasteiger partial charge in [-0.05, 0) is 49.4 Å². The Morgan fingerprint density at radius 2 is 0.505 bits per heavy atom. The van der Waals surface area contributed by atoms with Crippen LogP contribution >= 0.6 is 15.6 Å². The number of ether oxygens (including phenoxy) is 4. The van der Waals surface area contributed by atoms with E-state index in [-0.39, 0.29) is 25.7 Å². The third-order valence-corrected chi connectivity index (χ3v) is 19.8. The fourth-order valence-corrected chi connectivity index (χ4v) is 13.1. The summed E-state index contributed by atoms with van der Waals surface area (Å²) in [6.07, 6.45) is 50.2. The summed E-state index contributed by atoms with van der Waals surface area (Å²) in [5, 5.41) is 10.6. The van der Waals surface area contributed by atoms with Gasteiger partial charge in [-0.2, -0.15) is 0 Å². The van der Waals surface area contributed by atoms with Gasteiger partial charge in [0.25, 0.3) is 0 Å². The number of carbonyl (C=O) groups excluding carboxylic acids is 4. The summed E-state index contributed by atoms with van der Waals surface area (Å²) in [7, 11) is -9.91. The van der Waals surface area contributed by atoms with Gasteiger partial charge in [-0.25, -0.2) is 9.13 Å². The highest BCUT2D eigenvalue weighted by molar-refractivity contribution is 7.47. The summed E-state index contributed by atoms with van der Waals surface area (Å²) in [6, 6.07) is 0. The maximum Gasteiger partial charge on any atom is 0.472 e. The second-order valence-electron chi connectivity index (χ2n) is 29.1. The van der Waals surface area contributed by atoms with Gasteiger partial charge in [0.05, 0.1) is 26.4 Å². The third kappa shape index (κ3) is 69.0. The lowest BCUT2D eigenvalue weighted by atomic mass is 9.99. The molecule has 0 aromatic rings. The molecule has 0 aliphatic rings. The molecule has 0 spiro atoms. The van der Waals surface area contributed by atoms with Crippen LogP contribution in [0.15, 0.2) is 0 Å². The van der Waals surface area contributed by atoms with E-state index in [1.807, 2.05) is 0 Å². The maximum atomic E-state index is 13.1. The Hall–Kier alpha value is -1.94. The number of phosphoric acid groups is 2. The highest BCUT2D eigenvalue weighted by Gasteiger charge is 2.30. The minimum absolute atomic E-state index is 0.104. The van der Waals surface area contributed by atoms with Crippen LogP contribution in [0.25, 0.3) is 0 Å². The first-order valence-electron chi connectivity index (χ1n) is 39.2. The SMILES string of the molecule is CCC(C)CCCCCCCCCCCCCCCCCCCCC(=O)O[C@H](COC(=O)CCCCCCCCCCC(C)C)COP(=O)(O)OCC(O)COP(=O)(O)OC[C@@H](COC(=O)CCCCCCCCCCC(C)C)OC(=O)CCCCCCCCCCC(C)C. The van der Waals surface area contributed by atoms with Gasteiger partial charge in [-0.3, -0.25) is 37.3 Å². The Labute approximate surface area is 581 Å². The molecular weight excluding hydrogens is 1250 g/mol. The van der Waals surface area contributed by atoms with Crippen molar-refractivity contribution < 1.29 is 80.2 Å². The van der Waals surface area contributed by atoms with Crippen molar-refractivity contribution in [1.29, 1.82) is 0 Å². The lowest BCUT2D eigenvalue weighted by molar-refractivity contribution is -0.161. The Morgan fingerprint density at radius 3 is 0.747 bits per heavy atom. The second-order valence-corrected chi connectivity index (χ2v) is 32.0. The van der Waals surface area contributed by atoms with Gasteiger partial charge in [0, 0.05) is 25.7 Å². The molecule has 19 heteroatoms. The van der Waals surface area contributed by atoms with Crippen LogP contribution in [0.1, 0.15) is 383 Å². The summed E-state index contributed by atoms with van der Waals surface area (Å²) in [5.41, 5.74) is 0. The smallest absolute Gasteiger partial charge is 0.462 e. The highest BCUT2D eigenvalue weighted by Crippen LogP contribution is 2.45. The molecule has 0 amide bonds. The predicted octanol–water partition coefficient (Wildman–Crippen LogP) is 22.0. The van der Waals surface area contributed by atoms with Crippen molar-refractivity contribution in [2.45, 2.75) is 401 Å². The molecule has 4 unspecified atom stereocenters. The molecule has 3 N–H and O–H groups in total. The van der Waals surface area contributed by atoms with E-state index in [0.29, 0.717) is 25.7 Å². The number of unbranched alkanes of at least 4 members (excludes halogenated alkanes) is 38. The van der Waals surface area contributed by atoms with Crippen molar-refractivity contribution in [2.75, 3.05) is 39.6 Å². The minimum Gasteiger partial charge on any atom is -0.462 e. The molecule has 0 fully saturated rings. The second kappa shape index (κ2) is 65.4. The van der Waals surface area contributed by atoms with E-state index >= 15 is 0 Å². The first-order chi connectivity index (χ1) is 45.6. The average Bonchev–Trinajstić information content (AvgIpc) is 1.84. The molecule has 0 aliphatic carbocycles. The van der Waals surface area contributed by atoms with Crippen molar-refractivity contribution in [3.8, 4) is 0 Å². The van der Waals surface area contributed by atoms with Gasteiger partial charge >= 0.3 is 39.5 Å². The number of aliphatic hydroxyl groups is 1. The quantitative estimate of drug-likeness (QED) is 0.0222. The topological polar surface area (TPSA) is 237 Å². The summed E-state index contributed by atoms with van der Waals surface area (Å²) in [6.45, 7) is 14.1. The molecule has 17 nitrogen and oxygen atoms in total. The van der Waals surface area contributed by atoms with E-state index in [2.05, 4.69) is 55.4 Å². The predicted molar refractivity (Wildman–Crippen MR) is 386 cm³/mol. The van der Waals surface area contributed by atoms with Crippen molar-refractivity contribution in [3.05, 3.63) is 0 Å².